The molecule has 0 aliphatic heterocycles. The first kappa shape index (κ1) is 15.8. The van der Waals surface area contributed by atoms with Crippen LogP contribution in [0.2, 0.25) is 0 Å². The third-order valence-corrected chi connectivity index (χ3v) is 2.39. The Labute approximate surface area is 107 Å². The highest BCUT2D eigenvalue weighted by Crippen LogP contribution is 2.17. The molecule has 0 bridgehead atoms. The quantitative estimate of drug-likeness (QED) is 0.639. The first-order chi connectivity index (χ1) is 8.79. The van der Waals surface area contributed by atoms with E-state index in [1.54, 1.807) is 6.92 Å². The van der Waals surface area contributed by atoms with Crippen molar-refractivity contribution in [1.29, 1.82) is 0 Å². The van der Waals surface area contributed by atoms with Crippen LogP contribution in [0.3, 0.4) is 0 Å². The van der Waals surface area contributed by atoms with Gasteiger partial charge in [-0.15, -0.1) is 0 Å². The van der Waals surface area contributed by atoms with Gasteiger partial charge in [0, 0.05) is 24.2 Å². The first-order valence-corrected chi connectivity index (χ1v) is 5.62. The number of hydrogen-bond donors (Lipinski definition) is 1. The highest BCUT2D eigenvalue weighted by molar-refractivity contribution is 5.21. The minimum atomic E-state index is -4.35. The maximum Gasteiger partial charge on any atom is 0.411 e. The summed E-state index contributed by atoms with van der Waals surface area (Å²) >= 11 is 0. The fraction of sp³-hybridized carbons (Fsp3) is 0.500. The van der Waals surface area contributed by atoms with E-state index in [9.17, 15) is 22.0 Å². The molecule has 1 aromatic carbocycles. The van der Waals surface area contributed by atoms with Crippen LogP contribution < -0.4 is 5.32 Å². The van der Waals surface area contributed by atoms with Gasteiger partial charge < -0.3 is 10.1 Å². The number of alkyl halides is 3. The predicted molar refractivity (Wildman–Crippen MR) is 59.6 cm³/mol. The maximum absolute atomic E-state index is 13.4. The second-order valence-electron chi connectivity index (χ2n) is 4.01. The monoisotopic (exact) mass is 283 g/mol. The summed E-state index contributed by atoms with van der Waals surface area (Å²) in [7, 11) is 0. The van der Waals surface area contributed by atoms with Crippen LogP contribution in [0.15, 0.2) is 18.2 Å². The molecule has 1 N–H and O–H groups in total. The van der Waals surface area contributed by atoms with Crippen molar-refractivity contribution in [3.63, 3.8) is 0 Å². The summed E-state index contributed by atoms with van der Waals surface area (Å²) in [6, 6.07) is 2.72. The molecule has 0 aromatic heterocycles. The van der Waals surface area contributed by atoms with Crippen LogP contribution in [0.4, 0.5) is 22.0 Å². The van der Waals surface area contributed by atoms with Crippen LogP contribution >= 0.6 is 0 Å². The molecule has 0 aliphatic carbocycles. The number of halogens is 5. The second kappa shape index (κ2) is 6.81. The molecule has 19 heavy (non-hydrogen) atoms. The molecular formula is C12H14F5NO. The molecule has 1 atom stereocenters. The van der Waals surface area contributed by atoms with Crippen molar-refractivity contribution in [1.82, 2.24) is 5.32 Å². The molecule has 2 nitrogen and oxygen atoms in total. The Morgan fingerprint density at radius 1 is 1.26 bits per heavy atom. The summed E-state index contributed by atoms with van der Waals surface area (Å²) < 4.78 is 65.8. The fourth-order valence-electron chi connectivity index (χ4n) is 1.50. The highest BCUT2D eigenvalue weighted by atomic mass is 19.4. The van der Waals surface area contributed by atoms with Gasteiger partial charge in [0.25, 0.3) is 0 Å². The molecule has 0 saturated carbocycles. The molecule has 108 valence electrons. The van der Waals surface area contributed by atoms with Crippen molar-refractivity contribution in [2.24, 2.45) is 0 Å². The molecule has 0 spiro atoms. The summed E-state index contributed by atoms with van der Waals surface area (Å²) in [6.07, 6.45) is -4.35. The van der Waals surface area contributed by atoms with Crippen molar-refractivity contribution >= 4 is 0 Å². The molecule has 0 aliphatic rings. The van der Waals surface area contributed by atoms with Crippen molar-refractivity contribution < 1.29 is 26.7 Å². The van der Waals surface area contributed by atoms with Gasteiger partial charge in [-0.2, -0.15) is 13.2 Å². The van der Waals surface area contributed by atoms with Crippen LogP contribution in [0, 0.1) is 11.6 Å². The molecule has 1 rings (SSSR count). The Balaban J connectivity index is 2.33. The van der Waals surface area contributed by atoms with Crippen LogP contribution in [-0.2, 0) is 4.74 Å². The lowest BCUT2D eigenvalue weighted by molar-refractivity contribution is -0.173. The molecule has 0 saturated heterocycles. The summed E-state index contributed by atoms with van der Waals surface area (Å²) in [5, 5.41) is 2.79. The van der Waals surface area contributed by atoms with Gasteiger partial charge in [0.05, 0.1) is 6.61 Å². The van der Waals surface area contributed by atoms with Gasteiger partial charge >= 0.3 is 6.18 Å². The molecule has 7 heteroatoms. The minimum Gasteiger partial charge on any atom is -0.371 e. The number of nitrogens with one attached hydrogen (secondary N) is 1. The van der Waals surface area contributed by atoms with E-state index in [0.29, 0.717) is 0 Å². The van der Waals surface area contributed by atoms with Crippen molar-refractivity contribution in [2.75, 3.05) is 19.8 Å². The Hall–Kier alpha value is -1.21. The van der Waals surface area contributed by atoms with Crippen LogP contribution in [-0.4, -0.2) is 25.9 Å². The predicted octanol–water partition coefficient (Wildman–Crippen LogP) is 3.19. The second-order valence-corrected chi connectivity index (χ2v) is 4.01. The van der Waals surface area contributed by atoms with E-state index in [1.165, 1.54) is 6.07 Å². The topological polar surface area (TPSA) is 21.3 Å². The van der Waals surface area contributed by atoms with Crippen molar-refractivity contribution in [2.45, 2.75) is 19.1 Å². The Morgan fingerprint density at radius 2 is 1.95 bits per heavy atom. The molecule has 0 fully saturated rings. The summed E-state index contributed by atoms with van der Waals surface area (Å²) in [6.45, 7) is 0.300. The van der Waals surface area contributed by atoms with Gasteiger partial charge in [0.1, 0.15) is 18.2 Å². The van der Waals surface area contributed by atoms with Gasteiger partial charge in [-0.1, -0.05) is 6.07 Å². The third-order valence-electron chi connectivity index (χ3n) is 2.39. The van der Waals surface area contributed by atoms with E-state index in [1.807, 2.05) is 0 Å². The SMILES string of the molecule is CC(NCCOCC(F)(F)F)c1ccc(F)cc1F. The zero-order valence-electron chi connectivity index (χ0n) is 10.2. The Kier molecular flexibility index (Phi) is 5.68. The number of benzene rings is 1. The smallest absolute Gasteiger partial charge is 0.371 e. The average Bonchev–Trinajstić information content (AvgIpc) is 2.26. The number of hydrogen-bond acceptors (Lipinski definition) is 2. The van der Waals surface area contributed by atoms with E-state index in [4.69, 9.17) is 0 Å². The summed E-state index contributed by atoms with van der Waals surface area (Å²) in [4.78, 5) is 0. The van der Waals surface area contributed by atoms with Gasteiger partial charge in [0.15, 0.2) is 0 Å². The van der Waals surface area contributed by atoms with E-state index in [0.717, 1.165) is 12.1 Å². The highest BCUT2D eigenvalue weighted by Gasteiger charge is 2.27. The number of ether oxygens (including phenoxy) is 1. The molecule has 1 unspecified atom stereocenters. The van der Waals surface area contributed by atoms with Gasteiger partial charge in [-0.05, 0) is 13.0 Å². The Morgan fingerprint density at radius 3 is 2.53 bits per heavy atom. The molecule has 0 amide bonds. The molecule has 0 radical (unpaired) electrons. The lowest BCUT2D eigenvalue weighted by atomic mass is 10.1. The standard InChI is InChI=1S/C12H14F5NO/c1-8(10-3-2-9(13)6-11(10)14)18-4-5-19-7-12(15,16)17/h2-3,6,8,18H,4-5,7H2,1H3. The van der Waals surface area contributed by atoms with E-state index < -0.39 is 30.5 Å². The van der Waals surface area contributed by atoms with Crippen LogP contribution in [0.5, 0.6) is 0 Å². The third kappa shape index (κ3) is 5.98. The number of rotatable bonds is 6. The largest absolute Gasteiger partial charge is 0.411 e. The van der Waals surface area contributed by atoms with Crippen LogP contribution in [0.25, 0.3) is 0 Å². The van der Waals surface area contributed by atoms with Crippen molar-refractivity contribution in [3.05, 3.63) is 35.4 Å². The van der Waals surface area contributed by atoms with Gasteiger partial charge in [0.2, 0.25) is 0 Å². The van der Waals surface area contributed by atoms with E-state index in [2.05, 4.69) is 10.1 Å². The summed E-state index contributed by atoms with van der Waals surface area (Å²) in [5.74, 6) is -1.38. The lowest BCUT2D eigenvalue weighted by Gasteiger charge is -2.15. The molecule has 0 heterocycles. The van der Waals surface area contributed by atoms with Crippen LogP contribution in [0.1, 0.15) is 18.5 Å². The lowest BCUT2D eigenvalue weighted by Crippen LogP contribution is -2.26. The normalized spacial score (nSPS) is 13.6. The minimum absolute atomic E-state index is 0.133. The maximum atomic E-state index is 13.4. The van der Waals surface area contributed by atoms with Crippen molar-refractivity contribution in [3.8, 4) is 0 Å². The molecule has 1 aromatic rings. The molecular weight excluding hydrogens is 269 g/mol. The Bertz CT molecular complexity index is 408. The van der Waals surface area contributed by atoms with Gasteiger partial charge in [-0.25, -0.2) is 8.78 Å². The fourth-order valence-corrected chi connectivity index (χ4v) is 1.50. The first-order valence-electron chi connectivity index (χ1n) is 5.62. The zero-order chi connectivity index (χ0) is 14.5. The van der Waals surface area contributed by atoms with E-state index >= 15 is 0 Å². The average molecular weight is 283 g/mol. The van der Waals surface area contributed by atoms with E-state index in [-0.39, 0.29) is 18.7 Å². The summed E-state index contributed by atoms with van der Waals surface area (Å²) in [5.41, 5.74) is 0.247. The van der Waals surface area contributed by atoms with Gasteiger partial charge in [-0.3, -0.25) is 0 Å². The zero-order valence-corrected chi connectivity index (χ0v) is 10.2.